The number of hydrogen-bond acceptors (Lipinski definition) is 5. The second-order valence-electron chi connectivity index (χ2n) is 8.87. The molecule has 0 unspecified atom stereocenters. The zero-order chi connectivity index (χ0) is 25.6. The Kier molecular flexibility index (Phi) is 7.13. The first kappa shape index (κ1) is 24.1. The predicted molar refractivity (Wildman–Crippen MR) is 155 cm³/mol. The first-order valence-electron chi connectivity index (χ1n) is 12.5. The molecule has 5 nitrogen and oxygen atoms in total. The second-order valence-corrected chi connectivity index (χ2v) is 8.87. The van der Waals surface area contributed by atoms with Crippen LogP contribution in [0.2, 0.25) is 0 Å². The molecule has 0 spiro atoms. The Balaban J connectivity index is 1.42. The number of nitrogens with zero attached hydrogens (tertiary/aromatic N) is 4. The molecule has 0 amide bonds. The van der Waals surface area contributed by atoms with E-state index in [0.29, 0.717) is 0 Å². The van der Waals surface area contributed by atoms with Gasteiger partial charge in [-0.05, 0) is 87.0 Å². The van der Waals surface area contributed by atoms with Crippen LogP contribution in [0.15, 0.2) is 124 Å². The monoisotopic (exact) mass is 486 g/mol. The third-order valence-electron chi connectivity index (χ3n) is 6.13. The number of anilines is 3. The molecule has 0 bridgehead atoms. The van der Waals surface area contributed by atoms with Crippen molar-refractivity contribution in [3.8, 4) is 0 Å². The van der Waals surface area contributed by atoms with Gasteiger partial charge < -0.3 is 4.42 Å². The van der Waals surface area contributed by atoms with Crippen molar-refractivity contribution < 1.29 is 4.42 Å². The smallest absolute Gasteiger partial charge is 0.151 e. The van der Waals surface area contributed by atoms with Crippen LogP contribution in [0, 0.1) is 6.92 Å². The molecule has 5 aromatic rings. The number of rotatable bonds is 8. The van der Waals surface area contributed by atoms with E-state index in [-0.39, 0.29) is 0 Å². The average Bonchev–Trinajstić information content (AvgIpc) is 3.37. The molecular weight excluding hydrogens is 456 g/mol. The van der Waals surface area contributed by atoms with Gasteiger partial charge in [0.1, 0.15) is 11.3 Å². The van der Waals surface area contributed by atoms with Crippen molar-refractivity contribution in [2.24, 2.45) is 10.2 Å². The van der Waals surface area contributed by atoms with E-state index in [2.05, 4.69) is 44.2 Å². The molecule has 0 aliphatic rings. The van der Waals surface area contributed by atoms with E-state index >= 15 is 0 Å². The van der Waals surface area contributed by atoms with E-state index in [1.807, 2.05) is 102 Å². The van der Waals surface area contributed by atoms with Crippen molar-refractivity contribution >= 4 is 40.0 Å². The molecule has 0 saturated carbocycles. The van der Waals surface area contributed by atoms with Gasteiger partial charge in [0.25, 0.3) is 0 Å². The summed E-state index contributed by atoms with van der Waals surface area (Å²) in [5.74, 6) is 0.732. The van der Waals surface area contributed by atoms with Crippen LogP contribution in [-0.4, -0.2) is 18.5 Å². The Morgan fingerprint density at radius 3 is 2.05 bits per heavy atom. The summed E-state index contributed by atoms with van der Waals surface area (Å²) in [5.41, 5.74) is 6.89. The van der Waals surface area contributed by atoms with E-state index < -0.39 is 0 Å². The lowest BCUT2D eigenvalue weighted by Gasteiger charge is -2.20. The number of hydrazone groups is 2. The molecule has 184 valence electrons. The quantitative estimate of drug-likeness (QED) is 0.164. The fourth-order valence-corrected chi connectivity index (χ4v) is 4.11. The molecule has 4 aromatic carbocycles. The Morgan fingerprint density at radius 1 is 0.784 bits per heavy atom. The van der Waals surface area contributed by atoms with Crippen molar-refractivity contribution in [1.82, 2.24) is 0 Å². The van der Waals surface area contributed by atoms with Crippen molar-refractivity contribution in [3.05, 3.63) is 126 Å². The zero-order valence-electron chi connectivity index (χ0n) is 21.4. The summed E-state index contributed by atoms with van der Waals surface area (Å²) in [6.07, 6.45) is 1.89. The molecule has 1 heterocycles. The number of para-hydroxylation sites is 2. The largest absolute Gasteiger partial charge is 0.455 e. The number of benzene rings is 4. The Labute approximate surface area is 218 Å². The molecule has 5 rings (SSSR count). The van der Waals surface area contributed by atoms with Crippen molar-refractivity contribution in [2.75, 3.05) is 16.6 Å². The number of aryl methyl sites for hydroxylation is 1. The summed E-state index contributed by atoms with van der Waals surface area (Å²) in [4.78, 5) is 0. The minimum Gasteiger partial charge on any atom is -0.455 e. The fraction of sp³-hybridized carbons (Fsp3) is 0.125. The maximum absolute atomic E-state index is 6.17. The van der Waals surface area contributed by atoms with Crippen molar-refractivity contribution in [2.45, 2.75) is 20.8 Å². The third-order valence-corrected chi connectivity index (χ3v) is 6.13. The normalized spacial score (nSPS) is 11.8. The zero-order valence-corrected chi connectivity index (χ0v) is 21.4. The van der Waals surface area contributed by atoms with E-state index in [1.54, 1.807) is 0 Å². The number of furan rings is 1. The summed E-state index contributed by atoms with van der Waals surface area (Å²) in [5, 5.41) is 14.6. The van der Waals surface area contributed by atoms with E-state index in [1.165, 1.54) is 5.56 Å². The topological polar surface area (TPSA) is 44.3 Å². The molecule has 0 atom stereocenters. The first-order valence-corrected chi connectivity index (χ1v) is 12.5. The molecule has 37 heavy (non-hydrogen) atoms. The first-order chi connectivity index (χ1) is 18.1. The van der Waals surface area contributed by atoms with E-state index in [0.717, 1.165) is 51.6 Å². The van der Waals surface area contributed by atoms with E-state index in [4.69, 9.17) is 14.6 Å². The summed E-state index contributed by atoms with van der Waals surface area (Å²) in [6.45, 7) is 6.94. The summed E-state index contributed by atoms with van der Waals surface area (Å²) in [7, 11) is 0. The van der Waals surface area contributed by atoms with Gasteiger partial charge >= 0.3 is 0 Å². The molecule has 5 heteroatoms. The Morgan fingerprint density at radius 2 is 1.43 bits per heavy atom. The van der Waals surface area contributed by atoms with Gasteiger partial charge in [-0.3, -0.25) is 5.01 Å². The summed E-state index contributed by atoms with van der Waals surface area (Å²) >= 11 is 0. The minimum atomic E-state index is 0.732. The highest BCUT2D eigenvalue weighted by Crippen LogP contribution is 2.27. The average molecular weight is 487 g/mol. The van der Waals surface area contributed by atoms with Gasteiger partial charge in [0.15, 0.2) is 5.76 Å². The number of hydrogen-bond donors (Lipinski definition) is 0. The Bertz CT molecular complexity index is 1480. The second kappa shape index (κ2) is 11.0. The van der Waals surface area contributed by atoms with Crippen LogP contribution < -0.4 is 10.0 Å². The Hall–Kier alpha value is -4.64. The lowest BCUT2D eigenvalue weighted by molar-refractivity contribution is 0.604. The van der Waals surface area contributed by atoms with Crippen LogP contribution in [0.1, 0.15) is 30.7 Å². The predicted octanol–water partition coefficient (Wildman–Crippen LogP) is 8.16. The summed E-state index contributed by atoms with van der Waals surface area (Å²) < 4.78 is 6.17. The van der Waals surface area contributed by atoms with Gasteiger partial charge in [-0.15, -0.1) is 0 Å². The van der Waals surface area contributed by atoms with Gasteiger partial charge in [0, 0.05) is 11.9 Å². The lowest BCUT2D eigenvalue weighted by atomic mass is 10.1. The van der Waals surface area contributed by atoms with Gasteiger partial charge in [0.05, 0.1) is 23.3 Å². The van der Waals surface area contributed by atoms with Gasteiger partial charge in [0.2, 0.25) is 0 Å². The number of fused-ring (bicyclic) bond motifs is 1. The standard InChI is InChI=1S/C32H30N4O/c1-4-35(28-18-15-24(2)16-19-28)33-23-26-17-20-31-27(21-26)22-32(37-31)25(3)34-36(29-11-7-5-8-12-29)30-13-9-6-10-14-30/h5-23H,4H2,1-3H3/b33-23+,34-25+. The fourth-order valence-electron chi connectivity index (χ4n) is 4.11. The van der Waals surface area contributed by atoms with Gasteiger partial charge in [-0.2, -0.15) is 10.2 Å². The van der Waals surface area contributed by atoms with Crippen LogP contribution in [0.5, 0.6) is 0 Å². The van der Waals surface area contributed by atoms with Crippen LogP contribution in [0.4, 0.5) is 17.1 Å². The van der Waals surface area contributed by atoms with Crippen molar-refractivity contribution in [3.63, 3.8) is 0 Å². The minimum absolute atomic E-state index is 0.732. The molecule has 1 aromatic heterocycles. The van der Waals surface area contributed by atoms with Crippen LogP contribution in [0.25, 0.3) is 11.0 Å². The van der Waals surface area contributed by atoms with Crippen molar-refractivity contribution in [1.29, 1.82) is 0 Å². The highest BCUT2D eigenvalue weighted by molar-refractivity contribution is 6.01. The molecule has 0 N–H and O–H groups in total. The third kappa shape index (κ3) is 5.62. The lowest BCUT2D eigenvalue weighted by Crippen LogP contribution is -2.15. The molecule has 0 saturated heterocycles. The van der Waals surface area contributed by atoms with Gasteiger partial charge in [-0.1, -0.05) is 54.1 Å². The molecule has 0 fully saturated rings. The molecular formula is C32H30N4O. The highest BCUT2D eigenvalue weighted by Gasteiger charge is 2.12. The highest BCUT2D eigenvalue weighted by atomic mass is 16.3. The molecule has 0 aliphatic heterocycles. The van der Waals surface area contributed by atoms with Crippen LogP contribution in [-0.2, 0) is 0 Å². The van der Waals surface area contributed by atoms with Gasteiger partial charge in [-0.25, -0.2) is 5.01 Å². The molecule has 0 aliphatic carbocycles. The maximum atomic E-state index is 6.17. The van der Waals surface area contributed by atoms with E-state index in [9.17, 15) is 0 Å². The molecule has 0 radical (unpaired) electrons. The maximum Gasteiger partial charge on any atom is 0.151 e. The van der Waals surface area contributed by atoms with Crippen LogP contribution >= 0.6 is 0 Å². The van der Waals surface area contributed by atoms with Crippen LogP contribution in [0.3, 0.4) is 0 Å². The SMILES string of the molecule is CCN(/N=C/c1ccc2oc(/C(C)=N/N(c3ccccc3)c3ccccc3)cc2c1)c1ccc(C)cc1. The summed E-state index contributed by atoms with van der Waals surface area (Å²) in [6, 6.07) is 36.8.